The maximum absolute atomic E-state index is 5.07. The molecule has 16 heavy (non-hydrogen) atoms. The highest BCUT2D eigenvalue weighted by atomic mass is 16.5. The van der Waals surface area contributed by atoms with Crippen LogP contribution in [0.4, 0.5) is 0 Å². The van der Waals surface area contributed by atoms with E-state index in [0.717, 1.165) is 11.3 Å². The quantitative estimate of drug-likeness (QED) is 0.791. The van der Waals surface area contributed by atoms with Gasteiger partial charge >= 0.3 is 0 Å². The molecule has 0 N–H and O–H groups in total. The van der Waals surface area contributed by atoms with Crippen molar-refractivity contribution in [2.24, 2.45) is 0 Å². The van der Waals surface area contributed by atoms with E-state index in [4.69, 9.17) is 9.26 Å². The fourth-order valence-electron chi connectivity index (χ4n) is 1.30. The van der Waals surface area contributed by atoms with Crippen LogP contribution in [0.15, 0.2) is 34.9 Å². The Labute approximate surface area is 93.6 Å². The molecule has 1 heterocycles. The van der Waals surface area contributed by atoms with Gasteiger partial charge in [0.25, 0.3) is 5.89 Å². The van der Waals surface area contributed by atoms with Crippen LogP contribution in [0.3, 0.4) is 0 Å². The summed E-state index contributed by atoms with van der Waals surface area (Å²) in [6, 6.07) is 7.51. The third kappa shape index (κ3) is 2.11. The van der Waals surface area contributed by atoms with Crippen molar-refractivity contribution in [1.29, 1.82) is 0 Å². The molecule has 0 spiro atoms. The molecule has 2 aromatic rings. The molecule has 82 valence electrons. The standard InChI is InChI=1S/C12H12N2O2/c1-3-4-11-13-12(14-16-11)9-5-7-10(15-2)8-6-9/h3-8H,1-2H3/b4-3+. The van der Waals surface area contributed by atoms with Crippen LogP contribution in [0.5, 0.6) is 5.75 Å². The summed E-state index contributed by atoms with van der Waals surface area (Å²) in [6.45, 7) is 1.90. The molecular weight excluding hydrogens is 204 g/mol. The lowest BCUT2D eigenvalue weighted by Crippen LogP contribution is -1.84. The lowest BCUT2D eigenvalue weighted by molar-refractivity contribution is 0.410. The Morgan fingerprint density at radius 3 is 2.62 bits per heavy atom. The number of allylic oxidation sites excluding steroid dienone is 1. The third-order valence-electron chi connectivity index (χ3n) is 2.10. The van der Waals surface area contributed by atoms with E-state index in [1.807, 2.05) is 37.3 Å². The summed E-state index contributed by atoms with van der Waals surface area (Å²) < 4.78 is 10.1. The molecule has 4 heteroatoms. The number of benzene rings is 1. The van der Waals surface area contributed by atoms with Crippen LogP contribution in [0.25, 0.3) is 17.5 Å². The first kappa shape index (κ1) is 10.4. The summed E-state index contributed by atoms with van der Waals surface area (Å²) in [5, 5.41) is 3.88. The molecule has 0 saturated carbocycles. The Bertz CT molecular complexity index is 486. The summed E-state index contributed by atoms with van der Waals surface area (Å²) in [7, 11) is 1.63. The Morgan fingerprint density at radius 1 is 1.25 bits per heavy atom. The van der Waals surface area contributed by atoms with Gasteiger partial charge in [-0.3, -0.25) is 0 Å². The molecule has 0 aliphatic heterocycles. The first-order chi connectivity index (χ1) is 7.83. The van der Waals surface area contributed by atoms with Crippen LogP contribution in [-0.2, 0) is 0 Å². The number of aromatic nitrogens is 2. The number of hydrogen-bond donors (Lipinski definition) is 0. The maximum atomic E-state index is 5.07. The predicted octanol–water partition coefficient (Wildman–Crippen LogP) is 2.78. The SMILES string of the molecule is C/C=C/c1nc(-c2ccc(OC)cc2)no1. The summed E-state index contributed by atoms with van der Waals surface area (Å²) in [6.07, 6.45) is 3.62. The monoisotopic (exact) mass is 216 g/mol. The van der Waals surface area contributed by atoms with E-state index in [1.54, 1.807) is 13.2 Å². The maximum Gasteiger partial charge on any atom is 0.250 e. The number of rotatable bonds is 3. The third-order valence-corrected chi connectivity index (χ3v) is 2.10. The second-order valence-corrected chi connectivity index (χ2v) is 3.18. The molecule has 0 saturated heterocycles. The number of nitrogens with zero attached hydrogens (tertiary/aromatic N) is 2. The van der Waals surface area contributed by atoms with Gasteiger partial charge in [-0.1, -0.05) is 11.2 Å². The minimum absolute atomic E-state index is 0.508. The van der Waals surface area contributed by atoms with Crippen molar-refractivity contribution in [3.8, 4) is 17.1 Å². The molecule has 0 unspecified atom stereocenters. The second kappa shape index (κ2) is 4.61. The van der Waals surface area contributed by atoms with Crippen LogP contribution < -0.4 is 4.74 Å². The molecule has 0 radical (unpaired) electrons. The molecule has 0 amide bonds. The average molecular weight is 216 g/mol. The molecule has 0 aliphatic rings. The molecule has 0 aliphatic carbocycles. The lowest BCUT2D eigenvalue weighted by Gasteiger charge is -1.98. The van der Waals surface area contributed by atoms with Gasteiger partial charge in [0.05, 0.1) is 7.11 Å². The molecule has 0 fully saturated rings. The highest BCUT2D eigenvalue weighted by Crippen LogP contribution is 2.19. The van der Waals surface area contributed by atoms with Crippen LogP contribution in [-0.4, -0.2) is 17.3 Å². The fraction of sp³-hybridized carbons (Fsp3) is 0.167. The average Bonchev–Trinajstić information content (AvgIpc) is 2.78. The van der Waals surface area contributed by atoms with Gasteiger partial charge in [0.1, 0.15) is 5.75 Å². The lowest BCUT2D eigenvalue weighted by atomic mass is 10.2. The summed E-state index contributed by atoms with van der Waals surface area (Å²) in [4.78, 5) is 4.22. The molecule has 4 nitrogen and oxygen atoms in total. The summed E-state index contributed by atoms with van der Waals surface area (Å²) in [5.74, 6) is 1.89. The number of methoxy groups -OCH3 is 1. The summed E-state index contributed by atoms with van der Waals surface area (Å²) >= 11 is 0. The topological polar surface area (TPSA) is 48.2 Å². The predicted molar refractivity (Wildman–Crippen MR) is 61.0 cm³/mol. The van der Waals surface area contributed by atoms with Crippen molar-refractivity contribution in [2.45, 2.75) is 6.92 Å². The van der Waals surface area contributed by atoms with Gasteiger partial charge < -0.3 is 9.26 Å². The molecule has 1 aromatic heterocycles. The van der Waals surface area contributed by atoms with Gasteiger partial charge in [-0.2, -0.15) is 4.98 Å². The van der Waals surface area contributed by atoms with E-state index in [0.29, 0.717) is 11.7 Å². The van der Waals surface area contributed by atoms with Gasteiger partial charge in [-0.25, -0.2) is 0 Å². The fourth-order valence-corrected chi connectivity index (χ4v) is 1.30. The van der Waals surface area contributed by atoms with Crippen molar-refractivity contribution in [3.05, 3.63) is 36.2 Å². The second-order valence-electron chi connectivity index (χ2n) is 3.18. The molecule has 0 atom stereocenters. The van der Waals surface area contributed by atoms with Gasteiger partial charge in [0.15, 0.2) is 0 Å². The minimum atomic E-state index is 0.508. The minimum Gasteiger partial charge on any atom is -0.497 e. The normalized spacial score (nSPS) is 10.9. The molecular formula is C12H12N2O2. The number of hydrogen-bond acceptors (Lipinski definition) is 4. The highest BCUT2D eigenvalue weighted by molar-refractivity contribution is 5.56. The van der Waals surface area contributed by atoms with Gasteiger partial charge in [0, 0.05) is 5.56 Å². The van der Waals surface area contributed by atoms with Crippen LogP contribution in [0.1, 0.15) is 12.8 Å². The number of ether oxygens (including phenoxy) is 1. The van der Waals surface area contributed by atoms with E-state index in [1.165, 1.54) is 0 Å². The van der Waals surface area contributed by atoms with E-state index in [-0.39, 0.29) is 0 Å². The van der Waals surface area contributed by atoms with Crippen molar-refractivity contribution >= 4 is 6.08 Å². The zero-order chi connectivity index (χ0) is 11.4. The van der Waals surface area contributed by atoms with Gasteiger partial charge in [-0.15, -0.1) is 0 Å². The smallest absolute Gasteiger partial charge is 0.250 e. The Balaban J connectivity index is 2.27. The van der Waals surface area contributed by atoms with Gasteiger partial charge in [0.2, 0.25) is 5.82 Å². The summed E-state index contributed by atoms with van der Waals surface area (Å²) in [5.41, 5.74) is 0.903. The van der Waals surface area contributed by atoms with Gasteiger partial charge in [-0.05, 0) is 37.3 Å². The molecule has 2 rings (SSSR count). The van der Waals surface area contributed by atoms with Crippen molar-refractivity contribution in [3.63, 3.8) is 0 Å². The zero-order valence-electron chi connectivity index (χ0n) is 9.18. The first-order valence-corrected chi connectivity index (χ1v) is 4.94. The van der Waals surface area contributed by atoms with Crippen LogP contribution in [0.2, 0.25) is 0 Å². The van der Waals surface area contributed by atoms with Crippen molar-refractivity contribution in [2.75, 3.05) is 7.11 Å². The Hall–Kier alpha value is -2.10. The van der Waals surface area contributed by atoms with E-state index in [2.05, 4.69) is 10.1 Å². The van der Waals surface area contributed by atoms with Crippen LogP contribution >= 0.6 is 0 Å². The molecule has 0 bridgehead atoms. The van der Waals surface area contributed by atoms with E-state index in [9.17, 15) is 0 Å². The highest BCUT2D eigenvalue weighted by Gasteiger charge is 2.05. The Morgan fingerprint density at radius 2 is 2.00 bits per heavy atom. The zero-order valence-corrected chi connectivity index (χ0v) is 9.18. The van der Waals surface area contributed by atoms with E-state index < -0.39 is 0 Å². The van der Waals surface area contributed by atoms with Crippen LogP contribution in [0, 0.1) is 0 Å². The first-order valence-electron chi connectivity index (χ1n) is 4.94. The molecule has 1 aromatic carbocycles. The van der Waals surface area contributed by atoms with E-state index >= 15 is 0 Å². The Kier molecular flexibility index (Phi) is 3.00. The van der Waals surface area contributed by atoms with Crippen molar-refractivity contribution < 1.29 is 9.26 Å². The largest absolute Gasteiger partial charge is 0.497 e. The van der Waals surface area contributed by atoms with Crippen molar-refractivity contribution in [1.82, 2.24) is 10.1 Å².